The number of alkyl halides is 3. The van der Waals surface area contributed by atoms with Gasteiger partial charge >= 0.3 is 6.18 Å². The molecule has 0 aromatic heterocycles. The summed E-state index contributed by atoms with van der Waals surface area (Å²) in [5, 5.41) is 3.40. The number of halogens is 3. The molecule has 2 nitrogen and oxygen atoms in total. The van der Waals surface area contributed by atoms with E-state index in [4.69, 9.17) is 4.74 Å². The van der Waals surface area contributed by atoms with Gasteiger partial charge in [0.2, 0.25) is 0 Å². The number of hydrogen-bond donors (Lipinski definition) is 1. The van der Waals surface area contributed by atoms with E-state index in [1.165, 1.54) is 17.7 Å². The van der Waals surface area contributed by atoms with Crippen LogP contribution in [0.15, 0.2) is 60.7 Å². The second-order valence-corrected chi connectivity index (χ2v) is 9.58. The molecule has 3 aromatic rings. The highest BCUT2D eigenvalue weighted by Crippen LogP contribution is 2.37. The summed E-state index contributed by atoms with van der Waals surface area (Å²) >= 11 is 0. The summed E-state index contributed by atoms with van der Waals surface area (Å²) in [4.78, 5) is 0. The van der Waals surface area contributed by atoms with E-state index in [0.29, 0.717) is 17.7 Å². The monoisotopic (exact) mass is 467 g/mol. The molecule has 3 aromatic carbocycles. The number of rotatable bonds is 6. The van der Waals surface area contributed by atoms with Crippen LogP contribution in [0.25, 0.3) is 11.1 Å². The molecule has 1 N–H and O–H groups in total. The van der Waals surface area contributed by atoms with Crippen LogP contribution in [-0.2, 0) is 22.9 Å². The first-order chi connectivity index (χ1) is 16.2. The van der Waals surface area contributed by atoms with Crippen LogP contribution >= 0.6 is 0 Å². The maximum atomic E-state index is 13.8. The van der Waals surface area contributed by atoms with Gasteiger partial charge in [0.25, 0.3) is 0 Å². The van der Waals surface area contributed by atoms with Crippen molar-refractivity contribution < 1.29 is 17.9 Å². The summed E-state index contributed by atoms with van der Waals surface area (Å²) in [5.74, 6) is 0. The van der Waals surface area contributed by atoms with Crippen LogP contribution in [-0.4, -0.2) is 19.7 Å². The summed E-state index contributed by atoms with van der Waals surface area (Å²) in [6.07, 6.45) is -2.54. The van der Waals surface area contributed by atoms with Gasteiger partial charge in [0.1, 0.15) is 0 Å². The lowest BCUT2D eigenvalue weighted by Gasteiger charge is -2.38. The molecule has 0 unspecified atom stereocenters. The Kier molecular flexibility index (Phi) is 7.15. The maximum Gasteiger partial charge on any atom is 0.416 e. The summed E-state index contributed by atoms with van der Waals surface area (Å²) in [5.41, 5.74) is 5.50. The molecule has 4 rings (SSSR count). The zero-order chi connectivity index (χ0) is 24.3. The van der Waals surface area contributed by atoms with Crippen molar-refractivity contribution in [2.24, 2.45) is 0 Å². The van der Waals surface area contributed by atoms with Crippen molar-refractivity contribution in [3.8, 4) is 11.1 Å². The van der Waals surface area contributed by atoms with Gasteiger partial charge in [-0.1, -0.05) is 48.0 Å². The van der Waals surface area contributed by atoms with Crippen molar-refractivity contribution >= 4 is 0 Å². The molecule has 1 heterocycles. The van der Waals surface area contributed by atoms with Crippen molar-refractivity contribution in [2.75, 3.05) is 19.7 Å². The molecule has 0 spiro atoms. The Hall–Kier alpha value is -2.63. The Labute approximate surface area is 200 Å². The van der Waals surface area contributed by atoms with Crippen molar-refractivity contribution in [3.63, 3.8) is 0 Å². The molecule has 180 valence electrons. The molecular weight excluding hydrogens is 435 g/mol. The molecule has 1 fully saturated rings. The number of benzene rings is 3. The Morgan fingerprint density at radius 3 is 2.15 bits per heavy atom. The number of hydrogen-bond acceptors (Lipinski definition) is 2. The fourth-order valence-electron chi connectivity index (χ4n) is 5.30. The Morgan fingerprint density at radius 2 is 1.53 bits per heavy atom. The lowest BCUT2D eigenvalue weighted by Crippen LogP contribution is -2.43. The van der Waals surface area contributed by atoms with E-state index >= 15 is 0 Å². The predicted octanol–water partition coefficient (Wildman–Crippen LogP) is 7.14. The molecule has 0 amide bonds. The molecule has 1 aliphatic rings. The third kappa shape index (κ3) is 5.37. The third-order valence-electron chi connectivity index (χ3n) is 6.88. The van der Waals surface area contributed by atoms with Gasteiger partial charge < -0.3 is 10.1 Å². The van der Waals surface area contributed by atoms with E-state index < -0.39 is 11.7 Å². The van der Waals surface area contributed by atoms with Crippen molar-refractivity contribution in [1.82, 2.24) is 5.32 Å². The summed E-state index contributed by atoms with van der Waals surface area (Å²) in [7, 11) is 0. The van der Waals surface area contributed by atoms with Crippen LogP contribution in [0.1, 0.15) is 46.2 Å². The largest absolute Gasteiger partial charge is 0.416 e. The van der Waals surface area contributed by atoms with Crippen LogP contribution in [0.4, 0.5) is 13.2 Å². The molecule has 34 heavy (non-hydrogen) atoms. The lowest BCUT2D eigenvalue weighted by molar-refractivity contribution is -0.137. The van der Waals surface area contributed by atoms with Crippen molar-refractivity contribution in [3.05, 3.63) is 94.0 Å². The van der Waals surface area contributed by atoms with Crippen molar-refractivity contribution in [1.29, 1.82) is 0 Å². The standard InChI is InChI=1S/C29H32F3NO/c1-20-13-21(2)27(22(3)14-20)24-15-23(16-26(17-24)29(30,31)32)18-34-19-28(9-11-33-12-10-28)25-7-5-4-6-8-25/h4-8,13-17,33H,9-12,18-19H2,1-3H3. The molecule has 1 aliphatic heterocycles. The van der Waals surface area contributed by atoms with E-state index in [-0.39, 0.29) is 12.0 Å². The van der Waals surface area contributed by atoms with Gasteiger partial charge in [0.15, 0.2) is 0 Å². The topological polar surface area (TPSA) is 21.3 Å². The van der Waals surface area contributed by atoms with Gasteiger partial charge in [-0.3, -0.25) is 0 Å². The Bertz CT molecular complexity index is 1110. The third-order valence-corrected chi connectivity index (χ3v) is 6.88. The fraction of sp³-hybridized carbons (Fsp3) is 0.379. The minimum Gasteiger partial charge on any atom is -0.376 e. The second-order valence-electron chi connectivity index (χ2n) is 9.58. The summed E-state index contributed by atoms with van der Waals surface area (Å²) in [6.45, 7) is 8.32. The van der Waals surface area contributed by atoms with Gasteiger partial charge in [0.05, 0.1) is 18.8 Å². The first kappa shape index (κ1) is 24.5. The molecule has 1 saturated heterocycles. The highest BCUT2D eigenvalue weighted by Gasteiger charge is 2.35. The molecule has 0 aliphatic carbocycles. The smallest absolute Gasteiger partial charge is 0.376 e. The average Bonchev–Trinajstić information content (AvgIpc) is 2.79. The van der Waals surface area contributed by atoms with Gasteiger partial charge in [-0.05, 0) is 98.3 Å². The highest BCUT2D eigenvalue weighted by atomic mass is 19.4. The molecule has 0 bridgehead atoms. The SMILES string of the molecule is Cc1cc(C)c(-c2cc(COCC3(c4ccccc4)CCNCC3)cc(C(F)(F)F)c2)c(C)c1. The molecular formula is C29H32F3NO. The quantitative estimate of drug-likeness (QED) is 0.416. The molecule has 0 atom stereocenters. The van der Waals surface area contributed by atoms with Crippen LogP contribution in [0, 0.1) is 20.8 Å². The molecule has 0 radical (unpaired) electrons. The maximum absolute atomic E-state index is 13.8. The van der Waals surface area contributed by atoms with Crippen LogP contribution < -0.4 is 5.32 Å². The first-order valence-corrected chi connectivity index (χ1v) is 11.8. The van der Waals surface area contributed by atoms with Crippen LogP contribution in [0.3, 0.4) is 0 Å². The number of nitrogens with one attached hydrogen (secondary N) is 1. The van der Waals surface area contributed by atoms with E-state index in [0.717, 1.165) is 48.2 Å². The number of piperidine rings is 1. The van der Waals surface area contributed by atoms with Gasteiger partial charge in [-0.2, -0.15) is 13.2 Å². The first-order valence-electron chi connectivity index (χ1n) is 11.8. The normalized spacial score (nSPS) is 15.9. The Morgan fingerprint density at radius 1 is 0.882 bits per heavy atom. The van der Waals surface area contributed by atoms with E-state index in [2.05, 4.69) is 17.4 Å². The number of aryl methyl sites for hydroxylation is 3. The average molecular weight is 468 g/mol. The van der Waals surface area contributed by atoms with Crippen LogP contribution in [0.5, 0.6) is 0 Å². The Balaban J connectivity index is 1.62. The number of ether oxygens (including phenoxy) is 1. The van der Waals surface area contributed by atoms with Gasteiger partial charge in [0, 0.05) is 5.41 Å². The predicted molar refractivity (Wildman–Crippen MR) is 131 cm³/mol. The minimum absolute atomic E-state index is 0.124. The van der Waals surface area contributed by atoms with Crippen LogP contribution in [0.2, 0.25) is 0 Å². The van der Waals surface area contributed by atoms with E-state index in [1.807, 2.05) is 57.2 Å². The fourth-order valence-corrected chi connectivity index (χ4v) is 5.30. The zero-order valence-corrected chi connectivity index (χ0v) is 20.1. The van der Waals surface area contributed by atoms with Gasteiger partial charge in [-0.15, -0.1) is 0 Å². The van der Waals surface area contributed by atoms with Gasteiger partial charge in [-0.25, -0.2) is 0 Å². The lowest BCUT2D eigenvalue weighted by atomic mass is 9.74. The zero-order valence-electron chi connectivity index (χ0n) is 20.1. The minimum atomic E-state index is -4.42. The molecule has 5 heteroatoms. The summed E-state index contributed by atoms with van der Waals surface area (Å²) < 4.78 is 47.5. The summed E-state index contributed by atoms with van der Waals surface area (Å²) in [6, 6.07) is 18.7. The second kappa shape index (κ2) is 9.93. The van der Waals surface area contributed by atoms with E-state index in [9.17, 15) is 13.2 Å². The highest BCUT2D eigenvalue weighted by molar-refractivity contribution is 5.72. The van der Waals surface area contributed by atoms with Crippen molar-refractivity contribution in [2.45, 2.75) is 51.8 Å². The molecule has 0 saturated carbocycles. The van der Waals surface area contributed by atoms with E-state index in [1.54, 1.807) is 0 Å².